The van der Waals surface area contributed by atoms with Gasteiger partial charge in [0.05, 0.1) is 0 Å². The van der Waals surface area contributed by atoms with E-state index in [4.69, 9.17) is 19.2 Å². The molecule has 0 heterocycles. The van der Waals surface area contributed by atoms with Crippen LogP contribution in [0.15, 0.2) is 0 Å². The van der Waals surface area contributed by atoms with Gasteiger partial charge >= 0.3 is 75.9 Å². The number of phosphoric acid groups is 1. The molecule has 8 heavy (non-hydrogen) atoms. The Labute approximate surface area is 101 Å². The van der Waals surface area contributed by atoms with E-state index in [0.717, 1.165) is 0 Å². The fourth-order valence-corrected chi connectivity index (χ4v) is 0. The third-order valence-corrected chi connectivity index (χ3v) is 0. The Kier molecular flexibility index (Phi) is 26.4. The third kappa shape index (κ3) is 78.8. The minimum Gasteiger partial charge on any atom is -0.822 e. The van der Waals surface area contributed by atoms with E-state index in [1.807, 2.05) is 0 Å². The molecule has 0 aromatic heterocycles. The van der Waals surface area contributed by atoms with Crippen molar-refractivity contribution in [1.82, 2.24) is 0 Å². The zero-order chi connectivity index (χ0) is 4.50. The fourth-order valence-electron chi connectivity index (χ4n) is 0. The first kappa shape index (κ1) is 22.4. The standard InChI is InChI=1S/H3O4P.Si.Sr.Zn/c1-5(2,3)4;;;/h(H3,1,2,3,4);;;/q;+4;2*+2/p-3. The molecule has 0 rings (SSSR count). The van der Waals surface area contributed by atoms with Gasteiger partial charge in [0, 0.05) is 0 Å². The molecule has 0 N–H and O–H groups in total. The minimum absolute atomic E-state index is 0. The average Bonchev–Trinajstić information content (AvgIpc) is 0.722. The van der Waals surface area contributed by atoms with Crippen LogP contribution in [-0.2, 0) is 24.0 Å². The molecule has 0 radical (unpaired) electrons. The van der Waals surface area contributed by atoms with Crippen molar-refractivity contribution in [2.75, 3.05) is 0 Å². The smallest absolute Gasteiger partial charge is 0.822 e. The normalized spacial score (nSPS) is 7.38. The first-order valence-electron chi connectivity index (χ1n) is 0.730. The van der Waals surface area contributed by atoms with Crippen molar-refractivity contribution in [3.05, 3.63) is 0 Å². The van der Waals surface area contributed by atoms with Gasteiger partial charge in [0.2, 0.25) is 0 Å². The van der Waals surface area contributed by atoms with Crippen LogP contribution in [0.3, 0.4) is 0 Å². The minimum atomic E-state index is -5.39. The molecule has 0 aromatic carbocycles. The summed E-state index contributed by atoms with van der Waals surface area (Å²) in [5.41, 5.74) is 0. The van der Waals surface area contributed by atoms with E-state index in [1.54, 1.807) is 0 Å². The third-order valence-electron chi connectivity index (χ3n) is 0. The molecule has 0 aliphatic heterocycles. The summed E-state index contributed by atoms with van der Waals surface area (Å²) in [7, 11) is -5.39. The van der Waals surface area contributed by atoms with Gasteiger partial charge < -0.3 is 19.2 Å². The molecule has 0 atom stereocenters. The van der Waals surface area contributed by atoms with Crippen LogP contribution >= 0.6 is 7.82 Å². The molecular formula is O4PSiSrZn+5. The second-order valence-corrected chi connectivity index (χ2v) is 1.34. The first-order chi connectivity index (χ1) is 2.00. The van der Waals surface area contributed by atoms with E-state index < -0.39 is 7.82 Å². The summed E-state index contributed by atoms with van der Waals surface area (Å²) in [6.07, 6.45) is 0. The largest absolute Gasteiger partial charge is 4.00 e. The van der Waals surface area contributed by atoms with Crippen LogP contribution in [0.1, 0.15) is 0 Å². The van der Waals surface area contributed by atoms with Crippen molar-refractivity contribution < 1.29 is 38.7 Å². The van der Waals surface area contributed by atoms with Gasteiger partial charge in [0.25, 0.3) is 0 Å². The number of rotatable bonds is 0. The fraction of sp³-hybridized carbons (Fsp3) is 0. The van der Waals surface area contributed by atoms with Crippen LogP contribution in [0, 0.1) is 0 Å². The Hall–Kier alpha value is 2.43. The van der Waals surface area contributed by atoms with Crippen LogP contribution in [0.4, 0.5) is 0 Å². The van der Waals surface area contributed by atoms with Gasteiger partial charge in [-0.15, -0.1) is 0 Å². The van der Waals surface area contributed by atoms with Gasteiger partial charge in [0.1, 0.15) is 0 Å². The summed E-state index contributed by atoms with van der Waals surface area (Å²) in [5, 5.41) is 0. The summed E-state index contributed by atoms with van der Waals surface area (Å²) in [6, 6.07) is 0. The van der Waals surface area contributed by atoms with Crippen molar-refractivity contribution in [2.24, 2.45) is 0 Å². The Balaban J connectivity index is -0.0000000267. The summed E-state index contributed by atoms with van der Waals surface area (Å²) >= 11 is 0. The van der Waals surface area contributed by atoms with Crippen LogP contribution in [-0.4, -0.2) is 56.4 Å². The molecule has 0 aliphatic rings. The van der Waals surface area contributed by atoms with E-state index in [1.165, 1.54) is 0 Å². The van der Waals surface area contributed by atoms with Crippen molar-refractivity contribution in [2.45, 2.75) is 0 Å². The molecule has 4 nitrogen and oxygen atoms in total. The Bertz CT molecular complexity index is 62.2. The maximum atomic E-state index is 8.55. The zero-order valence-corrected chi connectivity index (χ0v) is 12.3. The Morgan fingerprint density at radius 1 is 1.12 bits per heavy atom. The average molecular weight is 276 g/mol. The van der Waals surface area contributed by atoms with Crippen LogP contribution < -0.4 is 14.7 Å². The quantitative estimate of drug-likeness (QED) is 0.338. The van der Waals surface area contributed by atoms with Crippen molar-refractivity contribution in [3.63, 3.8) is 0 Å². The Morgan fingerprint density at radius 2 is 1.12 bits per heavy atom. The second kappa shape index (κ2) is 9.43. The van der Waals surface area contributed by atoms with Gasteiger partial charge in [-0.25, -0.2) is 0 Å². The first-order valence-corrected chi connectivity index (χ1v) is 2.19. The predicted octanol–water partition coefficient (Wildman–Crippen LogP) is -3.59. The van der Waals surface area contributed by atoms with Crippen molar-refractivity contribution in [1.29, 1.82) is 0 Å². The van der Waals surface area contributed by atoms with Crippen LogP contribution in [0.25, 0.3) is 0 Å². The molecule has 0 amide bonds. The summed E-state index contributed by atoms with van der Waals surface area (Å²) in [5.74, 6) is 0. The Morgan fingerprint density at radius 3 is 1.12 bits per heavy atom. The predicted molar refractivity (Wildman–Crippen MR) is 19.1 cm³/mol. The molecule has 0 fully saturated rings. The summed E-state index contributed by atoms with van der Waals surface area (Å²) < 4.78 is 8.55. The van der Waals surface area contributed by atoms with E-state index in [2.05, 4.69) is 0 Å². The number of hydrogen-bond acceptors (Lipinski definition) is 4. The maximum absolute atomic E-state index is 8.55. The van der Waals surface area contributed by atoms with Gasteiger partial charge in [-0.1, -0.05) is 0 Å². The van der Waals surface area contributed by atoms with Crippen LogP contribution in [0.2, 0.25) is 0 Å². The molecule has 0 bridgehead atoms. The van der Waals surface area contributed by atoms with E-state index in [9.17, 15) is 0 Å². The summed E-state index contributed by atoms with van der Waals surface area (Å²) in [6.45, 7) is 0. The SMILES string of the molecule is O=P([O-])([O-])[O-].[Si+4].[Sr+2].[Zn+2]. The topological polar surface area (TPSA) is 86.2 Å². The molecule has 0 saturated carbocycles. The maximum Gasteiger partial charge on any atom is 4.00 e. The molecule has 0 aliphatic carbocycles. The molecule has 8 heteroatoms. The van der Waals surface area contributed by atoms with E-state index in [0.29, 0.717) is 0 Å². The van der Waals surface area contributed by atoms with E-state index in [-0.39, 0.29) is 75.9 Å². The van der Waals surface area contributed by atoms with Crippen LogP contribution in [0.5, 0.6) is 0 Å². The summed E-state index contributed by atoms with van der Waals surface area (Å²) in [4.78, 5) is 25.6. The van der Waals surface area contributed by atoms with Gasteiger partial charge in [-0.3, -0.25) is 0 Å². The molecule has 0 unspecified atom stereocenters. The van der Waals surface area contributed by atoms with Gasteiger partial charge in [-0.2, -0.15) is 7.82 Å². The van der Waals surface area contributed by atoms with E-state index >= 15 is 0 Å². The molecule has 0 saturated heterocycles. The molecular weight excluding hydrogens is 276 g/mol. The monoisotopic (exact) mass is 275 g/mol. The molecule has 32 valence electrons. The van der Waals surface area contributed by atoms with Crippen molar-refractivity contribution in [3.8, 4) is 0 Å². The number of hydrogen-bond donors (Lipinski definition) is 0. The van der Waals surface area contributed by atoms with Gasteiger partial charge in [-0.05, 0) is 0 Å². The molecule has 0 aromatic rings. The van der Waals surface area contributed by atoms with Crippen molar-refractivity contribution >= 4 is 64.3 Å². The molecule has 0 spiro atoms. The van der Waals surface area contributed by atoms with Gasteiger partial charge in [0.15, 0.2) is 0 Å². The second-order valence-electron chi connectivity index (χ2n) is 0.447. The zero-order valence-electron chi connectivity index (χ0n) is 3.99.